The molecule has 1 heterocycles. The van der Waals surface area contributed by atoms with Crippen LogP contribution in [0.25, 0.3) is 0 Å². The van der Waals surface area contributed by atoms with Gasteiger partial charge in [0.05, 0.1) is 11.4 Å². The number of hydrogen-bond acceptors (Lipinski definition) is 5. The molecule has 2 N–H and O–H groups in total. The zero-order chi connectivity index (χ0) is 19.1. The molecule has 0 bridgehead atoms. The SMILES string of the molecule is O=C(CSc1nc(CSc2ccccc2)cc(=O)[nH]1)Nc1ccc(F)cc1. The van der Waals surface area contributed by atoms with E-state index in [1.165, 1.54) is 30.3 Å². The minimum atomic E-state index is -0.366. The number of anilines is 1. The average molecular weight is 401 g/mol. The standard InChI is InChI=1S/C19H16FN3O2S2/c20-13-6-8-14(9-7-13)21-18(25)12-27-19-22-15(10-17(24)23-19)11-26-16-4-2-1-3-5-16/h1-10H,11-12H2,(H,21,25)(H,22,23,24). The number of amides is 1. The number of H-pyrrole nitrogens is 1. The summed E-state index contributed by atoms with van der Waals surface area (Å²) in [7, 11) is 0. The van der Waals surface area contributed by atoms with Crippen LogP contribution < -0.4 is 10.9 Å². The summed E-state index contributed by atoms with van der Waals surface area (Å²) in [5.74, 6) is 0.00597. The van der Waals surface area contributed by atoms with Crippen LogP contribution in [0.2, 0.25) is 0 Å². The molecule has 0 fully saturated rings. The molecule has 0 aliphatic rings. The number of carbonyl (C=O) groups is 1. The molecule has 138 valence electrons. The van der Waals surface area contributed by atoms with Gasteiger partial charge in [-0.15, -0.1) is 11.8 Å². The molecule has 0 aliphatic carbocycles. The Bertz CT molecular complexity index is 963. The molecule has 8 heteroatoms. The summed E-state index contributed by atoms with van der Waals surface area (Å²) in [4.78, 5) is 32.0. The van der Waals surface area contributed by atoms with Crippen LogP contribution in [0.4, 0.5) is 10.1 Å². The fourth-order valence-electron chi connectivity index (χ4n) is 2.16. The van der Waals surface area contributed by atoms with Gasteiger partial charge in [0, 0.05) is 22.4 Å². The van der Waals surface area contributed by atoms with E-state index in [4.69, 9.17) is 0 Å². The largest absolute Gasteiger partial charge is 0.325 e. The van der Waals surface area contributed by atoms with Gasteiger partial charge in [0.25, 0.3) is 5.56 Å². The van der Waals surface area contributed by atoms with Gasteiger partial charge in [-0.1, -0.05) is 30.0 Å². The number of hydrogen-bond donors (Lipinski definition) is 2. The lowest BCUT2D eigenvalue weighted by Gasteiger charge is -2.06. The molecule has 5 nitrogen and oxygen atoms in total. The number of aromatic amines is 1. The van der Waals surface area contributed by atoms with Crippen molar-refractivity contribution in [2.24, 2.45) is 0 Å². The average Bonchev–Trinajstić information content (AvgIpc) is 2.67. The number of rotatable bonds is 7. The van der Waals surface area contributed by atoms with Crippen molar-refractivity contribution >= 4 is 35.1 Å². The molecule has 0 spiro atoms. The van der Waals surface area contributed by atoms with Gasteiger partial charge in [-0.3, -0.25) is 9.59 Å². The van der Waals surface area contributed by atoms with Gasteiger partial charge < -0.3 is 10.3 Å². The topological polar surface area (TPSA) is 74.8 Å². The number of nitrogens with one attached hydrogen (secondary N) is 2. The van der Waals surface area contributed by atoms with Crippen molar-refractivity contribution in [3.05, 3.63) is 82.5 Å². The molecule has 0 atom stereocenters. The smallest absolute Gasteiger partial charge is 0.251 e. The maximum absolute atomic E-state index is 12.9. The predicted molar refractivity (Wildman–Crippen MR) is 107 cm³/mol. The van der Waals surface area contributed by atoms with Gasteiger partial charge in [-0.05, 0) is 36.4 Å². The van der Waals surface area contributed by atoms with Crippen molar-refractivity contribution in [1.29, 1.82) is 0 Å². The molecule has 0 saturated carbocycles. The molecule has 1 amide bonds. The van der Waals surface area contributed by atoms with Crippen LogP contribution in [-0.4, -0.2) is 21.6 Å². The zero-order valence-corrected chi connectivity index (χ0v) is 15.8. The quantitative estimate of drug-likeness (QED) is 0.463. The fourth-order valence-corrected chi connectivity index (χ4v) is 3.67. The highest BCUT2D eigenvalue weighted by Crippen LogP contribution is 2.22. The monoisotopic (exact) mass is 401 g/mol. The lowest BCUT2D eigenvalue weighted by Crippen LogP contribution is -2.15. The van der Waals surface area contributed by atoms with Crippen molar-refractivity contribution in [3.63, 3.8) is 0 Å². The van der Waals surface area contributed by atoms with Gasteiger partial charge in [0.15, 0.2) is 5.16 Å². The summed E-state index contributed by atoms with van der Waals surface area (Å²) in [6.07, 6.45) is 0. The Labute approximate surface area is 163 Å². The van der Waals surface area contributed by atoms with E-state index < -0.39 is 0 Å². The molecular weight excluding hydrogens is 385 g/mol. The van der Waals surface area contributed by atoms with E-state index in [1.54, 1.807) is 11.8 Å². The molecule has 0 aliphatic heterocycles. The first-order valence-electron chi connectivity index (χ1n) is 8.05. The predicted octanol–water partition coefficient (Wildman–Crippen LogP) is 3.93. The maximum Gasteiger partial charge on any atom is 0.251 e. The van der Waals surface area contributed by atoms with E-state index in [1.807, 2.05) is 30.3 Å². The highest BCUT2D eigenvalue weighted by molar-refractivity contribution is 7.99. The first-order valence-corrected chi connectivity index (χ1v) is 10.0. The molecule has 27 heavy (non-hydrogen) atoms. The summed E-state index contributed by atoms with van der Waals surface area (Å²) < 4.78 is 12.9. The van der Waals surface area contributed by atoms with Crippen molar-refractivity contribution in [2.45, 2.75) is 15.8 Å². The Morgan fingerprint density at radius 1 is 1.07 bits per heavy atom. The Hall–Kier alpha value is -2.58. The third kappa shape index (κ3) is 6.26. The summed E-state index contributed by atoms with van der Waals surface area (Å²) in [6.45, 7) is 0. The number of nitrogens with zero attached hydrogens (tertiary/aromatic N) is 1. The lowest BCUT2D eigenvalue weighted by atomic mass is 10.3. The van der Waals surface area contributed by atoms with E-state index in [-0.39, 0.29) is 23.0 Å². The Balaban J connectivity index is 1.56. The van der Waals surface area contributed by atoms with E-state index in [0.29, 0.717) is 22.3 Å². The summed E-state index contributed by atoms with van der Waals surface area (Å²) in [5, 5.41) is 3.05. The van der Waals surface area contributed by atoms with Gasteiger partial charge in [-0.2, -0.15) is 0 Å². The number of aromatic nitrogens is 2. The van der Waals surface area contributed by atoms with Gasteiger partial charge >= 0.3 is 0 Å². The fraction of sp³-hybridized carbons (Fsp3) is 0.105. The van der Waals surface area contributed by atoms with Crippen LogP contribution in [0.1, 0.15) is 5.69 Å². The van der Waals surface area contributed by atoms with Crippen LogP contribution >= 0.6 is 23.5 Å². The van der Waals surface area contributed by atoms with Gasteiger partial charge in [0.1, 0.15) is 5.82 Å². The van der Waals surface area contributed by atoms with Crippen LogP contribution in [-0.2, 0) is 10.5 Å². The van der Waals surface area contributed by atoms with E-state index in [0.717, 1.165) is 16.7 Å². The van der Waals surface area contributed by atoms with Crippen molar-refractivity contribution in [1.82, 2.24) is 9.97 Å². The van der Waals surface area contributed by atoms with Crippen LogP contribution in [0, 0.1) is 5.82 Å². The van der Waals surface area contributed by atoms with Crippen LogP contribution in [0.15, 0.2) is 75.5 Å². The highest BCUT2D eigenvalue weighted by Gasteiger charge is 2.08. The second kappa shape index (κ2) is 9.38. The molecule has 1 aromatic heterocycles. The summed E-state index contributed by atoms with van der Waals surface area (Å²) in [5.41, 5.74) is 0.903. The minimum Gasteiger partial charge on any atom is -0.325 e. The Morgan fingerprint density at radius 3 is 2.56 bits per heavy atom. The summed E-state index contributed by atoms with van der Waals surface area (Å²) in [6, 6.07) is 16.8. The van der Waals surface area contributed by atoms with Gasteiger partial charge in [-0.25, -0.2) is 9.37 Å². The second-order valence-electron chi connectivity index (χ2n) is 5.49. The number of benzene rings is 2. The number of thioether (sulfide) groups is 2. The molecule has 0 radical (unpaired) electrons. The molecule has 2 aromatic carbocycles. The molecule has 3 aromatic rings. The van der Waals surface area contributed by atoms with Crippen LogP contribution in [0.3, 0.4) is 0 Å². The Kier molecular flexibility index (Phi) is 6.67. The second-order valence-corrected chi connectivity index (χ2v) is 7.50. The van der Waals surface area contributed by atoms with Gasteiger partial charge in [0.2, 0.25) is 5.91 Å². The lowest BCUT2D eigenvalue weighted by molar-refractivity contribution is -0.113. The number of carbonyl (C=O) groups excluding carboxylic acids is 1. The first kappa shape index (κ1) is 19.2. The first-order chi connectivity index (χ1) is 13.1. The molecule has 3 rings (SSSR count). The minimum absolute atomic E-state index is 0.0790. The third-order valence-electron chi connectivity index (χ3n) is 3.37. The van der Waals surface area contributed by atoms with Crippen LogP contribution in [0.5, 0.6) is 0 Å². The maximum atomic E-state index is 12.9. The van der Waals surface area contributed by atoms with E-state index in [2.05, 4.69) is 15.3 Å². The molecule has 0 unspecified atom stereocenters. The van der Waals surface area contributed by atoms with E-state index in [9.17, 15) is 14.0 Å². The molecule has 0 saturated heterocycles. The zero-order valence-electron chi connectivity index (χ0n) is 14.1. The summed E-state index contributed by atoms with van der Waals surface area (Å²) >= 11 is 2.72. The highest BCUT2D eigenvalue weighted by atomic mass is 32.2. The van der Waals surface area contributed by atoms with E-state index >= 15 is 0 Å². The normalized spacial score (nSPS) is 10.6. The van der Waals surface area contributed by atoms with Crippen molar-refractivity contribution in [3.8, 4) is 0 Å². The Morgan fingerprint density at radius 2 is 1.81 bits per heavy atom. The van der Waals surface area contributed by atoms with Crippen molar-refractivity contribution < 1.29 is 9.18 Å². The molecular formula is C19H16FN3O2S2. The number of halogens is 1. The third-order valence-corrected chi connectivity index (χ3v) is 5.29. The van der Waals surface area contributed by atoms with Crippen molar-refractivity contribution in [2.75, 3.05) is 11.1 Å².